The summed E-state index contributed by atoms with van der Waals surface area (Å²) in [5, 5.41) is 11.6. The Morgan fingerprint density at radius 1 is 1.07 bits per heavy atom. The summed E-state index contributed by atoms with van der Waals surface area (Å²) in [5.74, 6) is 0.152. The first-order valence-corrected chi connectivity index (χ1v) is 14.1. The summed E-state index contributed by atoms with van der Waals surface area (Å²) >= 11 is 7.60. The SMILES string of the molecule is COC(=O)C1=C(C)N=c2s/c(=C\c3cc(C(C)(C)C)c(O)c(C(C)(C)C)c3)c(=O)n2[C@@H]1c1cc(Cl)ccc1OC. The van der Waals surface area contributed by atoms with Gasteiger partial charge in [-0.3, -0.25) is 9.36 Å². The molecule has 3 aromatic rings. The van der Waals surface area contributed by atoms with Gasteiger partial charge < -0.3 is 14.6 Å². The number of phenolic OH excluding ortho intramolecular Hbond substituents is 1. The molecule has 0 radical (unpaired) electrons. The molecule has 1 aromatic heterocycles. The molecule has 4 rings (SSSR count). The van der Waals surface area contributed by atoms with Gasteiger partial charge in [-0.05, 0) is 59.7 Å². The highest BCUT2D eigenvalue weighted by molar-refractivity contribution is 7.07. The first-order valence-electron chi connectivity index (χ1n) is 12.9. The van der Waals surface area contributed by atoms with Crippen LogP contribution in [-0.4, -0.2) is 29.9 Å². The number of benzene rings is 2. The van der Waals surface area contributed by atoms with Crippen LogP contribution >= 0.6 is 22.9 Å². The Bertz CT molecular complexity index is 1680. The number of halogens is 1. The number of aromatic hydroxyl groups is 1. The molecule has 7 nitrogen and oxygen atoms in total. The summed E-state index contributed by atoms with van der Waals surface area (Å²) in [6.45, 7) is 14.0. The fourth-order valence-electron chi connectivity index (χ4n) is 4.94. The number of carbonyl (C=O) groups is 1. The van der Waals surface area contributed by atoms with E-state index in [1.165, 1.54) is 30.1 Å². The van der Waals surface area contributed by atoms with Crippen molar-refractivity contribution in [1.29, 1.82) is 0 Å². The van der Waals surface area contributed by atoms with Crippen LogP contribution in [0.5, 0.6) is 11.5 Å². The number of phenols is 1. The van der Waals surface area contributed by atoms with Gasteiger partial charge in [0.2, 0.25) is 0 Å². The van der Waals surface area contributed by atoms with Crippen molar-refractivity contribution in [2.24, 2.45) is 4.99 Å². The molecule has 9 heteroatoms. The van der Waals surface area contributed by atoms with Crippen LogP contribution in [0.15, 0.2) is 51.4 Å². The lowest BCUT2D eigenvalue weighted by Gasteiger charge is -2.27. The number of rotatable bonds is 4. The molecule has 0 unspecified atom stereocenters. The first-order chi connectivity index (χ1) is 18.6. The maximum atomic E-state index is 14.1. The second kappa shape index (κ2) is 10.6. The van der Waals surface area contributed by atoms with Gasteiger partial charge >= 0.3 is 5.97 Å². The third-order valence-electron chi connectivity index (χ3n) is 6.96. The third-order valence-corrected chi connectivity index (χ3v) is 8.18. The highest BCUT2D eigenvalue weighted by Gasteiger charge is 2.35. The summed E-state index contributed by atoms with van der Waals surface area (Å²) < 4.78 is 12.6. The van der Waals surface area contributed by atoms with Gasteiger partial charge in [0.05, 0.1) is 30.0 Å². The van der Waals surface area contributed by atoms with E-state index in [0.717, 1.165) is 16.7 Å². The van der Waals surface area contributed by atoms with E-state index in [4.69, 9.17) is 21.1 Å². The monoisotopic (exact) mass is 582 g/mol. The molecule has 40 heavy (non-hydrogen) atoms. The molecule has 0 spiro atoms. The minimum absolute atomic E-state index is 0.233. The van der Waals surface area contributed by atoms with Gasteiger partial charge in [-0.15, -0.1) is 0 Å². The minimum Gasteiger partial charge on any atom is -0.507 e. The molecule has 0 saturated heterocycles. The fraction of sp³-hybridized carbons (Fsp3) is 0.387. The molecule has 1 N–H and O–H groups in total. The molecule has 0 fully saturated rings. The summed E-state index contributed by atoms with van der Waals surface area (Å²) in [6.07, 6.45) is 1.82. The van der Waals surface area contributed by atoms with Crippen molar-refractivity contribution >= 4 is 35.0 Å². The molecular weight excluding hydrogens is 548 g/mol. The maximum absolute atomic E-state index is 14.1. The molecule has 2 heterocycles. The Labute approximate surface area is 243 Å². The molecule has 0 aliphatic carbocycles. The van der Waals surface area contributed by atoms with Crippen LogP contribution in [-0.2, 0) is 20.4 Å². The van der Waals surface area contributed by atoms with Crippen LogP contribution in [0.1, 0.15) is 76.8 Å². The number of aromatic nitrogens is 1. The zero-order valence-corrected chi connectivity index (χ0v) is 25.9. The van der Waals surface area contributed by atoms with Crippen LogP contribution in [0, 0.1) is 0 Å². The molecule has 1 aliphatic heterocycles. The number of hydrogen-bond acceptors (Lipinski definition) is 7. The molecular formula is C31H35ClN2O5S. The van der Waals surface area contributed by atoms with Crippen LogP contribution in [0.3, 0.4) is 0 Å². The average molecular weight is 583 g/mol. The number of carbonyl (C=O) groups excluding carboxylic acids is 1. The predicted molar refractivity (Wildman–Crippen MR) is 159 cm³/mol. The van der Waals surface area contributed by atoms with Gasteiger partial charge in [-0.2, -0.15) is 0 Å². The van der Waals surface area contributed by atoms with E-state index < -0.39 is 12.0 Å². The van der Waals surface area contributed by atoms with E-state index in [2.05, 4.69) is 4.99 Å². The fourth-order valence-corrected chi connectivity index (χ4v) is 6.17. The lowest BCUT2D eigenvalue weighted by molar-refractivity contribution is -0.136. The smallest absolute Gasteiger partial charge is 0.338 e. The largest absolute Gasteiger partial charge is 0.507 e. The molecule has 0 amide bonds. The zero-order chi connectivity index (χ0) is 29.7. The van der Waals surface area contributed by atoms with E-state index in [-0.39, 0.29) is 27.7 Å². The maximum Gasteiger partial charge on any atom is 0.338 e. The van der Waals surface area contributed by atoms with Crippen LogP contribution in [0.4, 0.5) is 0 Å². The Balaban J connectivity index is 2.05. The second-order valence-corrected chi connectivity index (χ2v) is 13.4. The van der Waals surface area contributed by atoms with Crippen molar-refractivity contribution in [1.82, 2.24) is 4.57 Å². The average Bonchev–Trinajstić information content (AvgIpc) is 3.16. The minimum atomic E-state index is -0.852. The highest BCUT2D eigenvalue weighted by atomic mass is 35.5. The van der Waals surface area contributed by atoms with Gasteiger partial charge in [-0.25, -0.2) is 9.79 Å². The zero-order valence-electron chi connectivity index (χ0n) is 24.3. The van der Waals surface area contributed by atoms with Crippen molar-refractivity contribution in [3.63, 3.8) is 0 Å². The first kappa shape index (κ1) is 29.6. The van der Waals surface area contributed by atoms with Crippen molar-refractivity contribution < 1.29 is 19.4 Å². The highest BCUT2D eigenvalue weighted by Crippen LogP contribution is 2.40. The quantitative estimate of drug-likeness (QED) is 0.418. The van der Waals surface area contributed by atoms with E-state index in [9.17, 15) is 14.7 Å². The van der Waals surface area contributed by atoms with Crippen molar-refractivity contribution in [3.05, 3.63) is 88.6 Å². The number of ether oxygens (including phenoxy) is 2. The molecule has 212 valence electrons. The van der Waals surface area contributed by atoms with Gasteiger partial charge in [0.15, 0.2) is 4.80 Å². The summed E-state index contributed by atoms with van der Waals surface area (Å²) in [5.41, 5.74) is 2.65. The molecule has 1 aliphatic rings. The van der Waals surface area contributed by atoms with Crippen LogP contribution in [0.25, 0.3) is 6.08 Å². The lowest BCUT2D eigenvalue weighted by Crippen LogP contribution is -2.40. The van der Waals surface area contributed by atoms with Crippen LogP contribution < -0.4 is 19.6 Å². The Kier molecular flexibility index (Phi) is 7.82. The number of methoxy groups -OCH3 is 2. The van der Waals surface area contributed by atoms with Gasteiger partial charge in [0, 0.05) is 21.7 Å². The second-order valence-electron chi connectivity index (χ2n) is 11.9. The Morgan fingerprint density at radius 2 is 1.68 bits per heavy atom. The number of nitrogens with zero attached hydrogens (tertiary/aromatic N) is 2. The van der Waals surface area contributed by atoms with Gasteiger partial charge in [0.1, 0.15) is 17.5 Å². The molecule has 1 atom stereocenters. The van der Waals surface area contributed by atoms with E-state index in [0.29, 0.717) is 31.4 Å². The Morgan fingerprint density at radius 3 is 2.20 bits per heavy atom. The van der Waals surface area contributed by atoms with E-state index in [1.54, 1.807) is 25.1 Å². The van der Waals surface area contributed by atoms with E-state index >= 15 is 0 Å². The van der Waals surface area contributed by atoms with Crippen molar-refractivity contribution in [3.8, 4) is 11.5 Å². The Hall–Kier alpha value is -3.36. The van der Waals surface area contributed by atoms with Crippen molar-refractivity contribution in [2.45, 2.75) is 65.3 Å². The summed E-state index contributed by atoms with van der Waals surface area (Å²) in [4.78, 5) is 32.1. The predicted octanol–water partition coefficient (Wildman–Crippen LogP) is 5.37. The van der Waals surface area contributed by atoms with Crippen LogP contribution in [0.2, 0.25) is 5.02 Å². The number of allylic oxidation sites excluding steroid dienone is 1. The molecule has 2 aromatic carbocycles. The van der Waals surface area contributed by atoms with E-state index in [1.807, 2.05) is 59.8 Å². The number of hydrogen-bond donors (Lipinski definition) is 1. The van der Waals surface area contributed by atoms with Gasteiger partial charge in [0.25, 0.3) is 5.56 Å². The topological polar surface area (TPSA) is 90.1 Å². The normalized spacial score (nSPS) is 16.1. The molecule has 0 saturated carbocycles. The lowest BCUT2D eigenvalue weighted by atomic mass is 9.78. The summed E-state index contributed by atoms with van der Waals surface area (Å²) in [6, 6.07) is 8.07. The van der Waals surface area contributed by atoms with Crippen molar-refractivity contribution in [2.75, 3.05) is 14.2 Å². The number of thiazole rings is 1. The number of fused-ring (bicyclic) bond motifs is 1. The standard InChI is InChI=1S/C31H35ClN2O5S/c1-16-24(28(37)39-9)25(19-15-18(32)10-11-22(19)38-8)34-27(36)23(40-29(34)33-16)14-17-12-20(30(2,3)4)26(35)21(13-17)31(5,6)7/h10-15,25,35H,1-9H3/b23-14-/t25-/m1/s1. The summed E-state index contributed by atoms with van der Waals surface area (Å²) in [7, 11) is 2.82. The third kappa shape index (κ3) is 5.34. The molecule has 0 bridgehead atoms. The number of esters is 1. The van der Waals surface area contributed by atoms with Gasteiger partial charge in [-0.1, -0.05) is 64.5 Å².